The molecule has 0 radical (unpaired) electrons. The standard InChI is InChI=1S/C22H28N6O/c1-23-22(27-14-12-26(13-15-27)20-8-4-5-10-24-20)25-16-21(29)28-11-9-18-6-2-3-7-19(18)17-28/h2-8,10H,9,11-17H2,1H3,(H,23,25). The van der Waals surface area contributed by atoms with E-state index in [1.54, 1.807) is 7.05 Å². The number of pyridine rings is 1. The smallest absolute Gasteiger partial charge is 0.242 e. The number of rotatable bonds is 3. The van der Waals surface area contributed by atoms with E-state index in [0.717, 1.165) is 50.9 Å². The van der Waals surface area contributed by atoms with Crippen LogP contribution in [0, 0.1) is 0 Å². The Morgan fingerprint density at radius 2 is 1.76 bits per heavy atom. The van der Waals surface area contributed by atoms with Crippen molar-refractivity contribution in [3.05, 3.63) is 59.8 Å². The largest absolute Gasteiger partial charge is 0.353 e. The van der Waals surface area contributed by atoms with E-state index in [2.05, 4.69) is 43.3 Å². The van der Waals surface area contributed by atoms with Crippen molar-refractivity contribution in [1.29, 1.82) is 0 Å². The van der Waals surface area contributed by atoms with Gasteiger partial charge in [-0.25, -0.2) is 4.98 Å². The third-order valence-corrected chi connectivity index (χ3v) is 5.65. The van der Waals surface area contributed by atoms with Gasteiger partial charge in [0.2, 0.25) is 5.91 Å². The number of nitrogens with zero attached hydrogens (tertiary/aromatic N) is 5. The number of fused-ring (bicyclic) bond motifs is 1. The van der Waals surface area contributed by atoms with Crippen LogP contribution in [0.3, 0.4) is 0 Å². The first-order valence-corrected chi connectivity index (χ1v) is 10.2. The van der Waals surface area contributed by atoms with Gasteiger partial charge < -0.3 is 20.0 Å². The van der Waals surface area contributed by atoms with Crippen molar-refractivity contribution in [3.63, 3.8) is 0 Å². The van der Waals surface area contributed by atoms with E-state index in [9.17, 15) is 4.79 Å². The molecule has 4 rings (SSSR count). The summed E-state index contributed by atoms with van der Waals surface area (Å²) in [7, 11) is 1.77. The van der Waals surface area contributed by atoms with Crippen LogP contribution in [-0.2, 0) is 17.8 Å². The van der Waals surface area contributed by atoms with Gasteiger partial charge in [0.25, 0.3) is 0 Å². The Bertz CT molecular complexity index is 861. The molecule has 0 saturated carbocycles. The lowest BCUT2D eigenvalue weighted by Crippen LogP contribution is -2.54. The number of guanidine groups is 1. The fraction of sp³-hybridized carbons (Fsp3) is 0.409. The van der Waals surface area contributed by atoms with Gasteiger partial charge in [-0.1, -0.05) is 30.3 Å². The molecule has 7 nitrogen and oxygen atoms in total. The van der Waals surface area contributed by atoms with E-state index in [0.29, 0.717) is 6.54 Å². The third-order valence-electron chi connectivity index (χ3n) is 5.65. The second-order valence-electron chi connectivity index (χ2n) is 7.40. The molecule has 0 atom stereocenters. The number of benzene rings is 1. The first-order valence-electron chi connectivity index (χ1n) is 10.2. The topological polar surface area (TPSA) is 64.1 Å². The minimum absolute atomic E-state index is 0.118. The molecule has 3 heterocycles. The molecule has 0 unspecified atom stereocenters. The van der Waals surface area contributed by atoms with Crippen molar-refractivity contribution in [3.8, 4) is 0 Å². The lowest BCUT2D eigenvalue weighted by Gasteiger charge is -2.37. The van der Waals surface area contributed by atoms with Crippen LogP contribution in [0.5, 0.6) is 0 Å². The molecular formula is C22H28N6O. The Balaban J connectivity index is 1.27. The quantitative estimate of drug-likeness (QED) is 0.631. The summed E-state index contributed by atoms with van der Waals surface area (Å²) in [5.74, 6) is 1.92. The van der Waals surface area contributed by atoms with Gasteiger partial charge in [0.05, 0.1) is 6.54 Å². The van der Waals surface area contributed by atoms with Gasteiger partial charge in [-0.3, -0.25) is 9.79 Å². The zero-order valence-electron chi connectivity index (χ0n) is 16.9. The van der Waals surface area contributed by atoms with Crippen LogP contribution in [0.4, 0.5) is 5.82 Å². The highest BCUT2D eigenvalue weighted by atomic mass is 16.2. The van der Waals surface area contributed by atoms with E-state index in [4.69, 9.17) is 0 Å². The second kappa shape index (κ2) is 8.94. The van der Waals surface area contributed by atoms with Crippen LogP contribution in [0.15, 0.2) is 53.7 Å². The predicted molar refractivity (Wildman–Crippen MR) is 115 cm³/mol. The Morgan fingerprint density at radius 3 is 2.48 bits per heavy atom. The molecule has 2 aliphatic rings. The summed E-state index contributed by atoms with van der Waals surface area (Å²) in [5, 5.41) is 3.27. The molecular weight excluding hydrogens is 364 g/mol. The maximum Gasteiger partial charge on any atom is 0.242 e. The van der Waals surface area contributed by atoms with Gasteiger partial charge in [-0.15, -0.1) is 0 Å². The second-order valence-corrected chi connectivity index (χ2v) is 7.40. The Hall–Kier alpha value is -3.09. The van der Waals surface area contributed by atoms with Crippen molar-refractivity contribution in [2.75, 3.05) is 51.2 Å². The van der Waals surface area contributed by atoms with E-state index in [1.165, 1.54) is 11.1 Å². The van der Waals surface area contributed by atoms with Gasteiger partial charge >= 0.3 is 0 Å². The zero-order chi connectivity index (χ0) is 20.1. The summed E-state index contributed by atoms with van der Waals surface area (Å²) in [5.41, 5.74) is 2.60. The van der Waals surface area contributed by atoms with Gasteiger partial charge in [-0.05, 0) is 29.7 Å². The minimum atomic E-state index is 0.118. The monoisotopic (exact) mass is 392 g/mol. The molecule has 1 aromatic heterocycles. The molecule has 1 fully saturated rings. The first kappa shape index (κ1) is 19.2. The highest BCUT2D eigenvalue weighted by Gasteiger charge is 2.23. The lowest BCUT2D eigenvalue weighted by atomic mass is 10.00. The van der Waals surface area contributed by atoms with Crippen molar-refractivity contribution >= 4 is 17.7 Å². The normalized spacial score (nSPS) is 17.1. The summed E-state index contributed by atoms with van der Waals surface area (Å²) >= 11 is 0. The summed E-state index contributed by atoms with van der Waals surface area (Å²) < 4.78 is 0. The molecule has 152 valence electrons. The molecule has 2 aliphatic heterocycles. The average molecular weight is 393 g/mol. The number of aromatic nitrogens is 1. The Morgan fingerprint density at radius 1 is 1.00 bits per heavy atom. The molecule has 1 saturated heterocycles. The number of carbonyl (C=O) groups excluding carboxylic acids is 1. The number of carbonyl (C=O) groups is 1. The Kier molecular flexibility index (Phi) is 5.93. The SMILES string of the molecule is CN=C(NCC(=O)N1CCc2ccccc2C1)N1CCN(c2ccccn2)CC1. The number of hydrogen-bond acceptors (Lipinski definition) is 4. The highest BCUT2D eigenvalue weighted by Crippen LogP contribution is 2.18. The maximum atomic E-state index is 12.7. The van der Waals surface area contributed by atoms with Crippen LogP contribution < -0.4 is 10.2 Å². The number of amides is 1. The fourth-order valence-electron chi connectivity index (χ4n) is 4.00. The molecule has 7 heteroatoms. The summed E-state index contributed by atoms with van der Waals surface area (Å²) in [4.78, 5) is 28.0. The summed E-state index contributed by atoms with van der Waals surface area (Å²) in [6, 6.07) is 14.4. The number of piperazine rings is 1. The molecule has 1 N–H and O–H groups in total. The van der Waals surface area contributed by atoms with Gasteiger partial charge in [-0.2, -0.15) is 0 Å². The number of aliphatic imine (C=N–C) groups is 1. The first-order chi connectivity index (χ1) is 14.2. The van der Waals surface area contributed by atoms with Crippen molar-refractivity contribution in [1.82, 2.24) is 20.1 Å². The molecule has 0 bridgehead atoms. The molecule has 0 aliphatic carbocycles. The van der Waals surface area contributed by atoms with Crippen molar-refractivity contribution in [2.24, 2.45) is 4.99 Å². The number of anilines is 1. The maximum absolute atomic E-state index is 12.7. The molecule has 2 aromatic rings. The summed E-state index contributed by atoms with van der Waals surface area (Å²) in [6.07, 6.45) is 2.75. The highest BCUT2D eigenvalue weighted by molar-refractivity contribution is 5.86. The molecule has 1 aromatic carbocycles. The summed E-state index contributed by atoms with van der Waals surface area (Å²) in [6.45, 7) is 5.21. The van der Waals surface area contributed by atoms with Crippen LogP contribution in [0.2, 0.25) is 0 Å². The van der Waals surface area contributed by atoms with Crippen LogP contribution in [0.25, 0.3) is 0 Å². The lowest BCUT2D eigenvalue weighted by molar-refractivity contribution is -0.130. The van der Waals surface area contributed by atoms with Crippen molar-refractivity contribution < 1.29 is 4.79 Å². The number of nitrogens with one attached hydrogen (secondary N) is 1. The van der Waals surface area contributed by atoms with E-state index in [1.807, 2.05) is 35.4 Å². The minimum Gasteiger partial charge on any atom is -0.353 e. The fourth-order valence-corrected chi connectivity index (χ4v) is 4.00. The Labute approximate surface area is 172 Å². The predicted octanol–water partition coefficient (Wildman–Crippen LogP) is 1.36. The van der Waals surface area contributed by atoms with Crippen LogP contribution in [0.1, 0.15) is 11.1 Å². The third kappa shape index (κ3) is 4.50. The van der Waals surface area contributed by atoms with Gasteiger partial charge in [0.1, 0.15) is 5.82 Å². The van der Waals surface area contributed by atoms with E-state index < -0.39 is 0 Å². The van der Waals surface area contributed by atoms with E-state index in [-0.39, 0.29) is 12.5 Å². The average Bonchev–Trinajstić information content (AvgIpc) is 2.80. The van der Waals surface area contributed by atoms with Crippen LogP contribution >= 0.6 is 0 Å². The molecule has 0 spiro atoms. The molecule has 1 amide bonds. The molecule has 29 heavy (non-hydrogen) atoms. The van der Waals surface area contributed by atoms with Gasteiger partial charge in [0, 0.05) is 52.5 Å². The van der Waals surface area contributed by atoms with E-state index >= 15 is 0 Å². The van der Waals surface area contributed by atoms with Crippen LogP contribution in [-0.4, -0.2) is 73.0 Å². The van der Waals surface area contributed by atoms with Gasteiger partial charge in [0.15, 0.2) is 5.96 Å². The zero-order valence-corrected chi connectivity index (χ0v) is 16.9. The van der Waals surface area contributed by atoms with Crippen molar-refractivity contribution in [2.45, 2.75) is 13.0 Å². The number of hydrogen-bond donors (Lipinski definition) is 1.